The summed E-state index contributed by atoms with van der Waals surface area (Å²) in [6, 6.07) is 0. The Balaban J connectivity index is 3.62. The Bertz CT molecular complexity index is 373. The Morgan fingerprint density at radius 2 is 1.73 bits per heavy atom. The number of unbranched alkanes of at least 4 members (excludes halogenated alkanes) is 7. The molecule has 3 nitrogen and oxygen atoms in total. The van der Waals surface area contributed by atoms with Gasteiger partial charge in [0.15, 0.2) is 5.78 Å². The Labute approximate surface area is 141 Å². The van der Waals surface area contributed by atoms with E-state index in [-0.39, 0.29) is 18.2 Å². The van der Waals surface area contributed by atoms with Crippen LogP contribution < -0.4 is 5.32 Å². The zero-order valence-corrected chi connectivity index (χ0v) is 15.0. The summed E-state index contributed by atoms with van der Waals surface area (Å²) in [4.78, 5) is 22.5. The molecule has 0 bridgehead atoms. The number of hydrogen-bond acceptors (Lipinski definition) is 3. The maximum atomic E-state index is 11.7. The van der Waals surface area contributed by atoms with Crippen LogP contribution >= 0.6 is 12.6 Å². The van der Waals surface area contributed by atoms with Crippen molar-refractivity contribution in [3.05, 3.63) is 17.9 Å². The Hall–Kier alpha value is -0.990. The van der Waals surface area contributed by atoms with Crippen molar-refractivity contribution in [3.63, 3.8) is 0 Å². The maximum absolute atomic E-state index is 11.7. The first-order valence-electron chi connectivity index (χ1n) is 8.42. The largest absolute Gasteiger partial charge is 0.355 e. The molecule has 0 fully saturated rings. The molecule has 0 aromatic carbocycles. The lowest BCUT2D eigenvalue weighted by atomic mass is 10.1. The normalized spacial score (nSPS) is 11.4. The quantitative estimate of drug-likeness (QED) is 0.302. The summed E-state index contributed by atoms with van der Waals surface area (Å²) in [5.41, 5.74) is 3.06. The van der Waals surface area contributed by atoms with Crippen LogP contribution in [0.1, 0.15) is 71.6 Å². The summed E-state index contributed by atoms with van der Waals surface area (Å²) in [6.07, 6.45) is 14.2. The monoisotopic (exact) mass is 325 g/mol. The number of thiol groups is 1. The maximum Gasteiger partial charge on any atom is 0.216 e. The standard InChI is InChI=1S/C18H31NO2S/c1-3-4-5-6-7-8-9-10-11-12-13-14-17(21)18(22)15-19-16(2)20/h11,13,18,22H,3-10,14-15H2,1-2H3,(H,19,20)/t12?,18-/m0/s1. The van der Waals surface area contributed by atoms with E-state index in [0.29, 0.717) is 6.42 Å². The Kier molecular flexibility index (Phi) is 14.3. The molecular weight excluding hydrogens is 294 g/mol. The van der Waals surface area contributed by atoms with Gasteiger partial charge in [0, 0.05) is 19.9 Å². The average molecular weight is 326 g/mol. The van der Waals surface area contributed by atoms with Crippen LogP contribution in [-0.2, 0) is 9.59 Å². The van der Waals surface area contributed by atoms with Crippen molar-refractivity contribution < 1.29 is 9.59 Å². The van der Waals surface area contributed by atoms with E-state index in [4.69, 9.17) is 0 Å². The van der Waals surface area contributed by atoms with Gasteiger partial charge in [-0.05, 0) is 25.0 Å². The topological polar surface area (TPSA) is 46.2 Å². The molecule has 0 aliphatic heterocycles. The van der Waals surface area contributed by atoms with Crippen molar-refractivity contribution >= 4 is 24.3 Å². The number of ketones is 1. The zero-order chi connectivity index (χ0) is 16.6. The third kappa shape index (κ3) is 14.0. The van der Waals surface area contributed by atoms with Crippen molar-refractivity contribution in [2.24, 2.45) is 0 Å². The predicted octanol–water partition coefficient (Wildman–Crippen LogP) is 4.23. The van der Waals surface area contributed by atoms with E-state index in [1.807, 2.05) is 6.08 Å². The lowest BCUT2D eigenvalue weighted by Gasteiger charge is -2.07. The van der Waals surface area contributed by atoms with Crippen molar-refractivity contribution in [2.45, 2.75) is 76.9 Å². The third-order valence-corrected chi connectivity index (χ3v) is 3.88. The molecule has 0 aromatic rings. The molecule has 0 saturated carbocycles. The van der Waals surface area contributed by atoms with Crippen LogP contribution in [0.15, 0.2) is 17.9 Å². The first-order valence-corrected chi connectivity index (χ1v) is 8.94. The molecule has 1 amide bonds. The molecule has 0 saturated heterocycles. The number of carbonyl (C=O) groups is 2. The van der Waals surface area contributed by atoms with Gasteiger partial charge in [-0.25, -0.2) is 0 Å². The Morgan fingerprint density at radius 1 is 1.09 bits per heavy atom. The minimum Gasteiger partial charge on any atom is -0.355 e. The van der Waals surface area contributed by atoms with E-state index in [0.717, 1.165) is 6.42 Å². The second-order valence-electron chi connectivity index (χ2n) is 5.61. The minimum atomic E-state index is -0.440. The molecule has 0 aromatic heterocycles. The lowest BCUT2D eigenvalue weighted by molar-refractivity contribution is -0.119. The minimum absolute atomic E-state index is 0.00825. The first-order chi connectivity index (χ1) is 10.6. The summed E-state index contributed by atoms with van der Waals surface area (Å²) in [6.45, 7) is 3.95. The number of rotatable bonds is 13. The van der Waals surface area contributed by atoms with Gasteiger partial charge in [-0.3, -0.25) is 9.59 Å². The van der Waals surface area contributed by atoms with Crippen molar-refractivity contribution in [1.82, 2.24) is 5.32 Å². The molecule has 22 heavy (non-hydrogen) atoms. The van der Waals surface area contributed by atoms with Crippen LogP contribution in [0.3, 0.4) is 0 Å². The van der Waals surface area contributed by atoms with Gasteiger partial charge in [-0.1, -0.05) is 45.4 Å². The fraction of sp³-hybridized carbons (Fsp3) is 0.722. The third-order valence-electron chi connectivity index (χ3n) is 3.41. The second-order valence-corrected chi connectivity index (χ2v) is 6.23. The van der Waals surface area contributed by atoms with Crippen LogP contribution in [0.4, 0.5) is 0 Å². The molecule has 0 aliphatic carbocycles. The van der Waals surface area contributed by atoms with Crippen LogP contribution in [0.25, 0.3) is 0 Å². The molecule has 1 N–H and O–H groups in total. The summed E-state index contributed by atoms with van der Waals surface area (Å²) >= 11 is 4.18. The highest BCUT2D eigenvalue weighted by Crippen LogP contribution is 2.08. The van der Waals surface area contributed by atoms with E-state index in [1.54, 1.807) is 6.08 Å². The van der Waals surface area contributed by atoms with Crippen LogP contribution in [0.5, 0.6) is 0 Å². The summed E-state index contributed by atoms with van der Waals surface area (Å²) in [5, 5.41) is 2.15. The van der Waals surface area contributed by atoms with Gasteiger partial charge >= 0.3 is 0 Å². The van der Waals surface area contributed by atoms with Gasteiger partial charge in [-0.15, -0.1) is 5.73 Å². The smallest absolute Gasteiger partial charge is 0.216 e. The molecule has 126 valence electrons. The molecule has 0 spiro atoms. The van der Waals surface area contributed by atoms with Gasteiger partial charge in [-0.2, -0.15) is 12.6 Å². The average Bonchev–Trinajstić information content (AvgIpc) is 2.49. The van der Waals surface area contributed by atoms with Gasteiger partial charge in [0.2, 0.25) is 5.91 Å². The SMILES string of the molecule is CCCCCCCCCC=C=CCC(=O)[C@@H](S)CNC(C)=O. The zero-order valence-electron chi connectivity index (χ0n) is 14.1. The number of hydrogen-bond donors (Lipinski definition) is 2. The van der Waals surface area contributed by atoms with Crippen molar-refractivity contribution in [2.75, 3.05) is 6.54 Å². The number of Topliss-reactive ketones (excluding diaryl/α,β-unsaturated/α-hetero) is 1. The summed E-state index contributed by atoms with van der Waals surface area (Å²) in [5.74, 6) is -0.133. The van der Waals surface area contributed by atoms with Crippen LogP contribution in [0.2, 0.25) is 0 Å². The van der Waals surface area contributed by atoms with E-state index < -0.39 is 5.25 Å². The second kappa shape index (κ2) is 14.9. The molecule has 0 unspecified atom stereocenters. The summed E-state index contributed by atoms with van der Waals surface area (Å²) in [7, 11) is 0. The first kappa shape index (κ1) is 21.0. The number of carbonyl (C=O) groups excluding carboxylic acids is 2. The van der Waals surface area contributed by atoms with E-state index in [1.165, 1.54) is 51.9 Å². The van der Waals surface area contributed by atoms with Gasteiger partial charge in [0.25, 0.3) is 0 Å². The van der Waals surface area contributed by atoms with Crippen LogP contribution in [0, 0.1) is 0 Å². The van der Waals surface area contributed by atoms with Crippen LogP contribution in [-0.4, -0.2) is 23.5 Å². The Morgan fingerprint density at radius 3 is 2.36 bits per heavy atom. The van der Waals surface area contributed by atoms with Crippen molar-refractivity contribution in [1.29, 1.82) is 0 Å². The summed E-state index contributed by atoms with van der Waals surface area (Å²) < 4.78 is 0. The number of allylic oxidation sites excluding steroid dienone is 1. The van der Waals surface area contributed by atoms with Gasteiger partial charge < -0.3 is 5.32 Å². The fourth-order valence-corrected chi connectivity index (χ4v) is 2.22. The van der Waals surface area contributed by atoms with Gasteiger partial charge in [0.1, 0.15) is 0 Å². The molecule has 0 heterocycles. The van der Waals surface area contributed by atoms with E-state index >= 15 is 0 Å². The molecule has 0 aliphatic rings. The molecule has 0 rings (SSSR count). The number of nitrogens with one attached hydrogen (secondary N) is 1. The molecule has 4 heteroatoms. The predicted molar refractivity (Wildman–Crippen MR) is 96.3 cm³/mol. The highest BCUT2D eigenvalue weighted by molar-refractivity contribution is 7.81. The number of amides is 1. The lowest BCUT2D eigenvalue weighted by Crippen LogP contribution is -2.31. The molecule has 0 radical (unpaired) electrons. The van der Waals surface area contributed by atoms with Gasteiger partial charge in [0.05, 0.1) is 5.25 Å². The highest BCUT2D eigenvalue weighted by Gasteiger charge is 2.12. The van der Waals surface area contributed by atoms with E-state index in [2.05, 4.69) is 30.6 Å². The molecule has 1 atom stereocenters. The molecular formula is C18H31NO2S. The highest BCUT2D eigenvalue weighted by atomic mass is 32.1. The van der Waals surface area contributed by atoms with E-state index in [9.17, 15) is 9.59 Å². The van der Waals surface area contributed by atoms with Crippen molar-refractivity contribution in [3.8, 4) is 0 Å². The fourth-order valence-electron chi connectivity index (χ4n) is 2.02.